The second-order valence-corrected chi connectivity index (χ2v) is 4.10. The lowest BCUT2D eigenvalue weighted by molar-refractivity contribution is 0.129. The standard InChI is InChI=1S/C7H14OS/c1-3-4-7-8-5-6(2)9-7/h6-7H,3-5H2,1-2H3. The highest BCUT2D eigenvalue weighted by Gasteiger charge is 2.20. The molecule has 0 saturated carbocycles. The summed E-state index contributed by atoms with van der Waals surface area (Å²) < 4.78 is 5.47. The van der Waals surface area contributed by atoms with E-state index in [0.717, 1.165) is 11.9 Å². The highest BCUT2D eigenvalue weighted by atomic mass is 32.2. The molecule has 0 N–H and O–H groups in total. The second-order valence-electron chi connectivity index (χ2n) is 2.50. The van der Waals surface area contributed by atoms with Gasteiger partial charge >= 0.3 is 0 Å². The lowest BCUT2D eigenvalue weighted by Crippen LogP contribution is -1.98. The molecular weight excluding hydrogens is 132 g/mol. The Bertz CT molecular complexity index is 83.0. The summed E-state index contributed by atoms with van der Waals surface area (Å²) >= 11 is 1.97. The fourth-order valence-corrected chi connectivity index (χ4v) is 2.17. The third-order valence-electron chi connectivity index (χ3n) is 1.43. The summed E-state index contributed by atoms with van der Waals surface area (Å²) in [6.45, 7) is 5.38. The van der Waals surface area contributed by atoms with Crippen LogP contribution in [0.3, 0.4) is 0 Å². The number of rotatable bonds is 2. The molecule has 1 nitrogen and oxygen atoms in total. The van der Waals surface area contributed by atoms with Gasteiger partial charge in [-0.15, -0.1) is 11.8 Å². The van der Waals surface area contributed by atoms with Crippen molar-refractivity contribution in [3.63, 3.8) is 0 Å². The number of ether oxygens (including phenoxy) is 1. The fraction of sp³-hybridized carbons (Fsp3) is 1.00. The van der Waals surface area contributed by atoms with Crippen LogP contribution >= 0.6 is 11.8 Å². The summed E-state index contributed by atoms with van der Waals surface area (Å²) in [4.78, 5) is 0. The molecule has 0 bridgehead atoms. The summed E-state index contributed by atoms with van der Waals surface area (Å²) in [6.07, 6.45) is 2.46. The van der Waals surface area contributed by atoms with Crippen molar-refractivity contribution in [1.82, 2.24) is 0 Å². The van der Waals surface area contributed by atoms with E-state index < -0.39 is 0 Å². The Morgan fingerprint density at radius 2 is 2.44 bits per heavy atom. The molecule has 2 heteroatoms. The molecule has 0 spiro atoms. The van der Waals surface area contributed by atoms with Crippen LogP contribution in [-0.2, 0) is 4.74 Å². The van der Waals surface area contributed by atoms with Gasteiger partial charge in [0.2, 0.25) is 0 Å². The van der Waals surface area contributed by atoms with E-state index in [0.29, 0.717) is 5.44 Å². The average Bonchev–Trinajstić information content (AvgIpc) is 2.17. The van der Waals surface area contributed by atoms with E-state index in [1.54, 1.807) is 0 Å². The van der Waals surface area contributed by atoms with Crippen molar-refractivity contribution in [3.8, 4) is 0 Å². The lowest BCUT2D eigenvalue weighted by Gasteiger charge is -2.04. The highest BCUT2D eigenvalue weighted by molar-refractivity contribution is 8.00. The van der Waals surface area contributed by atoms with Crippen molar-refractivity contribution in [2.75, 3.05) is 6.61 Å². The van der Waals surface area contributed by atoms with Gasteiger partial charge in [0.25, 0.3) is 0 Å². The molecule has 0 aromatic heterocycles. The van der Waals surface area contributed by atoms with Crippen molar-refractivity contribution in [2.45, 2.75) is 37.4 Å². The quantitative estimate of drug-likeness (QED) is 0.591. The number of hydrogen-bond donors (Lipinski definition) is 0. The van der Waals surface area contributed by atoms with Crippen LogP contribution in [0.4, 0.5) is 0 Å². The van der Waals surface area contributed by atoms with Gasteiger partial charge in [0.05, 0.1) is 6.61 Å². The van der Waals surface area contributed by atoms with Crippen LogP contribution in [0.1, 0.15) is 26.7 Å². The van der Waals surface area contributed by atoms with Crippen LogP contribution in [0.5, 0.6) is 0 Å². The molecule has 54 valence electrons. The molecule has 0 amide bonds. The molecule has 0 aliphatic carbocycles. The van der Waals surface area contributed by atoms with Gasteiger partial charge in [-0.3, -0.25) is 0 Å². The van der Waals surface area contributed by atoms with Gasteiger partial charge in [-0.05, 0) is 6.42 Å². The normalized spacial score (nSPS) is 35.3. The van der Waals surface area contributed by atoms with Crippen molar-refractivity contribution in [1.29, 1.82) is 0 Å². The topological polar surface area (TPSA) is 9.23 Å². The monoisotopic (exact) mass is 146 g/mol. The predicted octanol–water partition coefficient (Wildman–Crippen LogP) is 2.26. The van der Waals surface area contributed by atoms with E-state index in [-0.39, 0.29) is 0 Å². The molecule has 0 radical (unpaired) electrons. The first kappa shape index (κ1) is 7.42. The van der Waals surface area contributed by atoms with Gasteiger partial charge in [-0.25, -0.2) is 0 Å². The zero-order valence-electron chi connectivity index (χ0n) is 6.09. The molecule has 2 atom stereocenters. The Hall–Kier alpha value is 0.310. The number of hydrogen-bond acceptors (Lipinski definition) is 2. The van der Waals surface area contributed by atoms with Crippen LogP contribution < -0.4 is 0 Å². The zero-order valence-corrected chi connectivity index (χ0v) is 6.91. The van der Waals surface area contributed by atoms with Crippen molar-refractivity contribution in [3.05, 3.63) is 0 Å². The molecule has 1 fully saturated rings. The Morgan fingerprint density at radius 1 is 1.67 bits per heavy atom. The molecule has 1 heterocycles. The van der Waals surface area contributed by atoms with Gasteiger partial charge in [-0.2, -0.15) is 0 Å². The number of thioether (sulfide) groups is 1. The predicted molar refractivity (Wildman–Crippen MR) is 41.7 cm³/mol. The van der Waals surface area contributed by atoms with E-state index in [1.165, 1.54) is 12.8 Å². The van der Waals surface area contributed by atoms with Crippen LogP contribution in [-0.4, -0.2) is 17.3 Å². The zero-order chi connectivity index (χ0) is 6.69. The van der Waals surface area contributed by atoms with Crippen molar-refractivity contribution >= 4 is 11.8 Å². The van der Waals surface area contributed by atoms with Gasteiger partial charge in [0.1, 0.15) is 5.44 Å². The maximum atomic E-state index is 5.47. The Morgan fingerprint density at radius 3 is 2.89 bits per heavy atom. The van der Waals surface area contributed by atoms with Gasteiger partial charge < -0.3 is 4.74 Å². The maximum Gasteiger partial charge on any atom is 0.103 e. The third-order valence-corrected chi connectivity index (χ3v) is 2.70. The van der Waals surface area contributed by atoms with Crippen LogP contribution in [0.25, 0.3) is 0 Å². The molecule has 0 aromatic carbocycles. The summed E-state index contributed by atoms with van der Waals surface area (Å²) in [5.74, 6) is 0. The summed E-state index contributed by atoms with van der Waals surface area (Å²) in [7, 11) is 0. The van der Waals surface area contributed by atoms with Gasteiger partial charge in [-0.1, -0.05) is 20.3 Å². The molecule has 1 saturated heterocycles. The first-order valence-electron chi connectivity index (χ1n) is 3.60. The SMILES string of the molecule is CCCC1OCC(C)S1. The summed E-state index contributed by atoms with van der Waals surface area (Å²) in [5, 5.41) is 0.724. The Balaban J connectivity index is 2.14. The van der Waals surface area contributed by atoms with Crippen LogP contribution in [0.2, 0.25) is 0 Å². The molecule has 2 unspecified atom stereocenters. The van der Waals surface area contributed by atoms with E-state index in [4.69, 9.17) is 4.74 Å². The van der Waals surface area contributed by atoms with E-state index in [1.807, 2.05) is 11.8 Å². The maximum absolute atomic E-state index is 5.47. The van der Waals surface area contributed by atoms with Crippen LogP contribution in [0.15, 0.2) is 0 Å². The minimum atomic E-state index is 0.505. The molecule has 0 aromatic rings. The van der Waals surface area contributed by atoms with Gasteiger partial charge in [0, 0.05) is 5.25 Å². The smallest absolute Gasteiger partial charge is 0.103 e. The van der Waals surface area contributed by atoms with E-state index in [9.17, 15) is 0 Å². The minimum absolute atomic E-state index is 0.505. The molecule has 1 aliphatic rings. The highest BCUT2D eigenvalue weighted by Crippen LogP contribution is 2.29. The summed E-state index contributed by atoms with van der Waals surface area (Å²) in [5.41, 5.74) is 0.505. The van der Waals surface area contributed by atoms with E-state index in [2.05, 4.69) is 13.8 Å². The Kier molecular flexibility index (Phi) is 2.86. The van der Waals surface area contributed by atoms with Crippen molar-refractivity contribution < 1.29 is 4.74 Å². The van der Waals surface area contributed by atoms with Gasteiger partial charge in [0.15, 0.2) is 0 Å². The summed E-state index contributed by atoms with van der Waals surface area (Å²) in [6, 6.07) is 0. The second kappa shape index (κ2) is 3.47. The lowest BCUT2D eigenvalue weighted by atomic mass is 10.4. The third kappa shape index (κ3) is 2.18. The largest absolute Gasteiger partial charge is 0.366 e. The fourth-order valence-electron chi connectivity index (χ4n) is 0.968. The molecule has 1 aliphatic heterocycles. The van der Waals surface area contributed by atoms with E-state index >= 15 is 0 Å². The Labute approximate surface area is 61.2 Å². The first-order valence-corrected chi connectivity index (χ1v) is 4.54. The first-order chi connectivity index (χ1) is 4.33. The molecule has 1 rings (SSSR count). The average molecular weight is 146 g/mol. The minimum Gasteiger partial charge on any atom is -0.366 e. The van der Waals surface area contributed by atoms with Crippen molar-refractivity contribution in [2.24, 2.45) is 0 Å². The molecular formula is C7H14OS. The van der Waals surface area contributed by atoms with Crippen LogP contribution in [0, 0.1) is 0 Å². The molecule has 9 heavy (non-hydrogen) atoms.